The minimum Gasteiger partial charge on any atom is -0.286 e. The molecule has 7 heteroatoms. The predicted octanol–water partition coefficient (Wildman–Crippen LogP) is 3.58. The quantitative estimate of drug-likeness (QED) is 0.528. The molecule has 0 aliphatic heterocycles. The molecule has 0 unspecified atom stereocenters. The number of thiazole rings is 1. The molecule has 2 heterocycles. The minimum absolute atomic E-state index is 0.270. The Morgan fingerprint density at radius 1 is 1.04 bits per heavy atom. The molecular weight excluding hydrogens is 382 g/mol. The lowest BCUT2D eigenvalue weighted by Crippen LogP contribution is -2.37. The van der Waals surface area contributed by atoms with Gasteiger partial charge in [0.1, 0.15) is 4.83 Å². The third-order valence-corrected chi connectivity index (χ3v) is 5.74. The number of halogens is 1. The van der Waals surface area contributed by atoms with E-state index in [9.17, 15) is 9.59 Å². The van der Waals surface area contributed by atoms with E-state index in [1.807, 2.05) is 30.3 Å². The van der Waals surface area contributed by atoms with Crippen molar-refractivity contribution in [2.24, 2.45) is 7.05 Å². The van der Waals surface area contributed by atoms with E-state index in [4.69, 9.17) is 11.6 Å². The zero-order valence-corrected chi connectivity index (χ0v) is 16.1. The summed E-state index contributed by atoms with van der Waals surface area (Å²) < 4.78 is 2.51. The molecule has 0 aliphatic rings. The molecule has 0 aliphatic carbocycles. The Balaban J connectivity index is 1.72. The number of rotatable bonds is 4. The fourth-order valence-corrected chi connectivity index (χ4v) is 4.12. The van der Waals surface area contributed by atoms with E-state index in [-0.39, 0.29) is 5.52 Å². The molecule has 136 valence electrons. The van der Waals surface area contributed by atoms with Gasteiger partial charge < -0.3 is 0 Å². The van der Waals surface area contributed by atoms with Crippen molar-refractivity contribution in [1.29, 1.82) is 0 Å². The van der Waals surface area contributed by atoms with Crippen LogP contribution in [-0.4, -0.2) is 14.1 Å². The summed E-state index contributed by atoms with van der Waals surface area (Å²) in [6, 6.07) is 15.6. The first-order valence-corrected chi connectivity index (χ1v) is 9.70. The zero-order valence-electron chi connectivity index (χ0n) is 14.6. The van der Waals surface area contributed by atoms with Crippen LogP contribution in [0.3, 0.4) is 0 Å². The highest BCUT2D eigenvalue weighted by Crippen LogP contribution is 2.22. The number of aryl methyl sites for hydroxylation is 3. The van der Waals surface area contributed by atoms with Crippen LogP contribution < -0.4 is 11.2 Å². The summed E-state index contributed by atoms with van der Waals surface area (Å²) in [5.74, 6) is 0. The van der Waals surface area contributed by atoms with Gasteiger partial charge in [-0.1, -0.05) is 48.0 Å². The maximum Gasteiger partial charge on any atom is 0.336 e. The molecule has 0 saturated carbocycles. The molecule has 0 fully saturated rings. The molecule has 0 atom stereocenters. The van der Waals surface area contributed by atoms with Gasteiger partial charge in [-0.2, -0.15) is 0 Å². The van der Waals surface area contributed by atoms with Gasteiger partial charge >= 0.3 is 5.69 Å². The van der Waals surface area contributed by atoms with E-state index < -0.39 is 11.2 Å². The van der Waals surface area contributed by atoms with Crippen LogP contribution in [0.15, 0.2) is 63.6 Å². The average Bonchev–Trinajstić information content (AvgIpc) is 3.17. The van der Waals surface area contributed by atoms with E-state index in [0.717, 1.165) is 23.0 Å². The Morgan fingerprint density at radius 2 is 1.78 bits per heavy atom. The lowest BCUT2D eigenvalue weighted by molar-refractivity contribution is 0.776. The van der Waals surface area contributed by atoms with Crippen LogP contribution in [0.1, 0.15) is 11.1 Å². The Labute approximate surface area is 164 Å². The Bertz CT molecular complexity index is 1240. The summed E-state index contributed by atoms with van der Waals surface area (Å²) in [5.41, 5.74) is 3.62. The SMILES string of the molecule is Cn1c(=O)n(-c2ccc(CCc3ccccc3)cc2Cl)c(=O)c2ncsc21. The van der Waals surface area contributed by atoms with Gasteiger partial charge in [-0.05, 0) is 36.1 Å². The second kappa shape index (κ2) is 7.13. The summed E-state index contributed by atoms with van der Waals surface area (Å²) >= 11 is 7.70. The van der Waals surface area contributed by atoms with Gasteiger partial charge in [-0.25, -0.2) is 14.3 Å². The van der Waals surface area contributed by atoms with Crippen molar-refractivity contribution in [3.63, 3.8) is 0 Å². The number of benzene rings is 2. The number of nitrogens with zero attached hydrogens (tertiary/aromatic N) is 3. The molecular formula is C20H16ClN3O2S. The molecule has 5 nitrogen and oxygen atoms in total. The Morgan fingerprint density at radius 3 is 2.52 bits per heavy atom. The van der Waals surface area contributed by atoms with Crippen LogP contribution in [0.4, 0.5) is 0 Å². The van der Waals surface area contributed by atoms with Crippen molar-refractivity contribution < 1.29 is 0 Å². The normalized spacial score (nSPS) is 11.2. The molecule has 0 spiro atoms. The van der Waals surface area contributed by atoms with Crippen LogP contribution >= 0.6 is 22.9 Å². The van der Waals surface area contributed by atoms with Gasteiger partial charge in [0.25, 0.3) is 5.56 Å². The maximum atomic E-state index is 12.7. The smallest absolute Gasteiger partial charge is 0.286 e. The first-order chi connectivity index (χ1) is 13.1. The summed E-state index contributed by atoms with van der Waals surface area (Å²) in [4.78, 5) is 30.1. The summed E-state index contributed by atoms with van der Waals surface area (Å²) in [7, 11) is 1.63. The van der Waals surface area contributed by atoms with Crippen molar-refractivity contribution in [1.82, 2.24) is 14.1 Å². The van der Waals surface area contributed by atoms with Crippen molar-refractivity contribution >= 4 is 33.3 Å². The van der Waals surface area contributed by atoms with Gasteiger partial charge in [0.2, 0.25) is 0 Å². The van der Waals surface area contributed by atoms with Gasteiger partial charge in [0, 0.05) is 7.05 Å². The lowest BCUT2D eigenvalue weighted by Gasteiger charge is -2.11. The summed E-state index contributed by atoms with van der Waals surface area (Å²) in [6.45, 7) is 0. The summed E-state index contributed by atoms with van der Waals surface area (Å²) in [6.07, 6.45) is 1.71. The number of fused-ring (bicyclic) bond motifs is 1. The highest BCUT2D eigenvalue weighted by molar-refractivity contribution is 7.16. The number of aromatic nitrogens is 3. The Kier molecular flexibility index (Phi) is 4.68. The van der Waals surface area contributed by atoms with E-state index >= 15 is 0 Å². The molecule has 4 rings (SSSR count). The first-order valence-electron chi connectivity index (χ1n) is 8.44. The summed E-state index contributed by atoms with van der Waals surface area (Å²) in [5, 5.41) is 0.370. The highest BCUT2D eigenvalue weighted by Gasteiger charge is 2.16. The van der Waals surface area contributed by atoms with E-state index in [1.165, 1.54) is 21.5 Å². The molecule has 0 amide bonds. The first kappa shape index (κ1) is 17.7. The third kappa shape index (κ3) is 3.22. The maximum absolute atomic E-state index is 12.7. The monoisotopic (exact) mass is 397 g/mol. The predicted molar refractivity (Wildman–Crippen MR) is 109 cm³/mol. The fourth-order valence-electron chi connectivity index (χ4n) is 3.09. The molecule has 0 radical (unpaired) electrons. The molecule has 0 saturated heterocycles. The van der Waals surface area contributed by atoms with E-state index in [0.29, 0.717) is 15.5 Å². The van der Waals surface area contributed by atoms with Crippen molar-refractivity contribution in [3.05, 3.63) is 91.0 Å². The van der Waals surface area contributed by atoms with Gasteiger partial charge in [0.05, 0.1) is 16.2 Å². The van der Waals surface area contributed by atoms with E-state index in [2.05, 4.69) is 17.1 Å². The average molecular weight is 398 g/mol. The Hall–Kier alpha value is -2.70. The van der Waals surface area contributed by atoms with Crippen molar-refractivity contribution in [2.45, 2.75) is 12.8 Å². The number of hydrogen-bond donors (Lipinski definition) is 0. The van der Waals surface area contributed by atoms with Crippen LogP contribution in [0, 0.1) is 0 Å². The van der Waals surface area contributed by atoms with Crippen molar-refractivity contribution in [2.75, 3.05) is 0 Å². The fraction of sp³-hybridized carbons (Fsp3) is 0.150. The van der Waals surface area contributed by atoms with Gasteiger partial charge in [0.15, 0.2) is 5.52 Å². The van der Waals surface area contributed by atoms with Gasteiger partial charge in [-0.15, -0.1) is 11.3 Å². The van der Waals surface area contributed by atoms with Crippen LogP contribution in [0.5, 0.6) is 0 Å². The molecule has 27 heavy (non-hydrogen) atoms. The molecule has 2 aromatic heterocycles. The highest BCUT2D eigenvalue weighted by atomic mass is 35.5. The van der Waals surface area contributed by atoms with Crippen LogP contribution in [0.25, 0.3) is 16.0 Å². The topological polar surface area (TPSA) is 56.9 Å². The molecule has 0 N–H and O–H groups in total. The number of hydrogen-bond acceptors (Lipinski definition) is 4. The second-order valence-corrected chi connectivity index (χ2v) is 7.50. The third-order valence-electron chi connectivity index (χ3n) is 4.54. The zero-order chi connectivity index (χ0) is 19.0. The van der Waals surface area contributed by atoms with E-state index in [1.54, 1.807) is 18.6 Å². The molecule has 4 aromatic rings. The lowest BCUT2D eigenvalue weighted by atomic mass is 10.0. The van der Waals surface area contributed by atoms with Crippen LogP contribution in [0.2, 0.25) is 5.02 Å². The van der Waals surface area contributed by atoms with Crippen LogP contribution in [-0.2, 0) is 19.9 Å². The van der Waals surface area contributed by atoms with Gasteiger partial charge in [-0.3, -0.25) is 9.36 Å². The van der Waals surface area contributed by atoms with Crippen molar-refractivity contribution in [3.8, 4) is 5.69 Å². The standard InChI is InChI=1S/C20H16ClN3O2S/c1-23-19-17(22-12-27-19)18(25)24(20(23)26)16-10-9-14(11-15(16)21)8-7-13-5-3-2-4-6-13/h2-6,9-12H,7-8H2,1H3. The molecule has 0 bridgehead atoms. The minimum atomic E-state index is -0.451. The molecule has 2 aromatic carbocycles. The largest absolute Gasteiger partial charge is 0.336 e. The second-order valence-electron chi connectivity index (χ2n) is 6.26.